The molecule has 3 aromatic rings. The zero-order valence-corrected chi connectivity index (χ0v) is 20.8. The smallest absolute Gasteiger partial charge is 0.194 e. The molecule has 9 heteroatoms. The molecule has 37 heavy (non-hydrogen) atoms. The molecule has 0 radical (unpaired) electrons. The lowest BCUT2D eigenvalue weighted by molar-refractivity contribution is -0.123. The first-order valence-corrected chi connectivity index (χ1v) is 11.8. The Kier molecular flexibility index (Phi) is 5.40. The van der Waals surface area contributed by atoms with Crippen molar-refractivity contribution in [2.75, 3.05) is 6.54 Å². The third-order valence-electron chi connectivity index (χ3n) is 7.30. The van der Waals surface area contributed by atoms with Crippen LogP contribution in [-0.4, -0.2) is 44.2 Å². The fourth-order valence-electron chi connectivity index (χ4n) is 5.21. The molecule has 2 aromatic carbocycles. The number of aromatic nitrogens is 1. The second-order valence-corrected chi connectivity index (χ2v) is 9.61. The Morgan fingerprint density at radius 2 is 1.86 bits per heavy atom. The van der Waals surface area contributed by atoms with E-state index in [9.17, 15) is 29.7 Å². The minimum absolute atomic E-state index is 0.00421. The molecular formula is C28H26N2O7. The monoisotopic (exact) mass is 502 g/mol. The molecule has 2 heterocycles. The third-order valence-corrected chi connectivity index (χ3v) is 7.30. The highest BCUT2D eigenvalue weighted by Gasteiger charge is 2.56. The van der Waals surface area contributed by atoms with Crippen LogP contribution in [0.1, 0.15) is 47.8 Å². The van der Waals surface area contributed by atoms with E-state index in [1.54, 1.807) is 25.1 Å². The second kappa shape index (κ2) is 8.26. The molecule has 9 nitrogen and oxygen atoms in total. The summed E-state index contributed by atoms with van der Waals surface area (Å²) in [7, 11) is 0. The zero-order chi connectivity index (χ0) is 26.8. The molecule has 0 bridgehead atoms. The van der Waals surface area contributed by atoms with Gasteiger partial charge in [0.05, 0.1) is 11.1 Å². The summed E-state index contributed by atoms with van der Waals surface area (Å²) >= 11 is 0. The number of benzene rings is 2. The summed E-state index contributed by atoms with van der Waals surface area (Å²) in [5, 5.41) is 35.2. The first kappa shape index (κ1) is 24.2. The highest BCUT2D eigenvalue weighted by Crippen LogP contribution is 2.57. The van der Waals surface area contributed by atoms with E-state index in [1.807, 2.05) is 6.20 Å². The number of allylic oxidation sites excluding steroid dienone is 4. The van der Waals surface area contributed by atoms with Crippen LogP contribution >= 0.6 is 0 Å². The number of phenols is 3. The number of H-pyrrole nitrogens is 1. The van der Waals surface area contributed by atoms with E-state index in [1.165, 1.54) is 26.8 Å². The van der Waals surface area contributed by atoms with Crippen molar-refractivity contribution in [1.29, 1.82) is 0 Å². The first-order valence-electron chi connectivity index (χ1n) is 11.8. The van der Waals surface area contributed by atoms with Gasteiger partial charge in [-0.15, -0.1) is 0 Å². The standard InChI is InChI=1S/C28H26N2O7/c1-12-24(34)22(14(3)31)26-23(25(12)35)28(4)20(37-26)10-19(33)21(27(28)36)13(2)29-8-7-15-11-30-18-6-5-16(32)9-17(15)18/h5-6,9-11,29-30,32,34-35H,7-8H2,1-4H3/t28-/m0/s1. The average molecular weight is 503 g/mol. The molecule has 5 N–H and O–H groups in total. The summed E-state index contributed by atoms with van der Waals surface area (Å²) in [6.07, 6.45) is 3.60. The molecule has 0 unspecified atom stereocenters. The fraction of sp³-hybridized carbons (Fsp3) is 0.250. The number of fused-ring (bicyclic) bond motifs is 4. The van der Waals surface area contributed by atoms with Crippen molar-refractivity contribution in [2.45, 2.75) is 39.5 Å². The molecule has 190 valence electrons. The molecule has 1 aromatic heterocycles. The fourth-order valence-corrected chi connectivity index (χ4v) is 5.21. The highest BCUT2D eigenvalue weighted by molar-refractivity contribution is 6.31. The van der Waals surface area contributed by atoms with Gasteiger partial charge in [-0.2, -0.15) is 0 Å². The molecule has 1 aliphatic carbocycles. The number of carbonyl (C=O) groups excluding carboxylic acids is 3. The quantitative estimate of drug-likeness (QED) is 0.202. The number of Topliss-reactive ketones (excluding diaryl/α,β-unsaturated/α-hetero) is 2. The van der Waals surface area contributed by atoms with E-state index >= 15 is 0 Å². The summed E-state index contributed by atoms with van der Waals surface area (Å²) in [5.74, 6) is -2.38. The topological polar surface area (TPSA) is 149 Å². The Morgan fingerprint density at radius 1 is 1.14 bits per heavy atom. The van der Waals surface area contributed by atoms with Crippen LogP contribution in [0.4, 0.5) is 0 Å². The van der Waals surface area contributed by atoms with Crippen molar-refractivity contribution in [3.63, 3.8) is 0 Å². The molecule has 2 aliphatic rings. The number of nitrogens with one attached hydrogen (secondary N) is 2. The maximum Gasteiger partial charge on any atom is 0.194 e. The summed E-state index contributed by atoms with van der Waals surface area (Å²) in [6.45, 7) is 6.26. The van der Waals surface area contributed by atoms with E-state index < -0.39 is 28.5 Å². The van der Waals surface area contributed by atoms with Crippen LogP contribution < -0.4 is 10.1 Å². The van der Waals surface area contributed by atoms with Gasteiger partial charge in [-0.25, -0.2) is 0 Å². The van der Waals surface area contributed by atoms with Crippen molar-refractivity contribution in [2.24, 2.45) is 0 Å². The van der Waals surface area contributed by atoms with E-state index in [0.29, 0.717) is 18.7 Å². The van der Waals surface area contributed by atoms with Crippen LogP contribution in [0.3, 0.4) is 0 Å². The lowest BCUT2D eigenvalue weighted by atomic mass is 9.70. The van der Waals surface area contributed by atoms with Gasteiger partial charge in [0.1, 0.15) is 39.7 Å². The number of carbonyl (C=O) groups is 3. The molecule has 0 fully saturated rings. The predicted octanol–water partition coefficient (Wildman–Crippen LogP) is 3.59. The number of phenolic OH excluding ortho intramolecular Hbond substituents is 3. The molecule has 5 rings (SSSR count). The number of aromatic amines is 1. The van der Waals surface area contributed by atoms with E-state index in [4.69, 9.17) is 4.74 Å². The molecule has 0 saturated heterocycles. The van der Waals surface area contributed by atoms with Gasteiger partial charge in [0, 0.05) is 41.0 Å². The summed E-state index contributed by atoms with van der Waals surface area (Å²) in [6, 6.07) is 5.06. The highest BCUT2D eigenvalue weighted by atomic mass is 16.5. The minimum atomic E-state index is -1.55. The SMILES string of the molecule is CC(=O)c1c(O)c(C)c(O)c2c1OC1=CC(=O)C(=C(C)NCCc3c[nH]c4ccc(O)cc34)C(=O)[C@@]12C. The maximum atomic E-state index is 13.8. The van der Waals surface area contributed by atoms with E-state index in [-0.39, 0.29) is 45.3 Å². The Balaban J connectivity index is 1.50. The number of ketones is 3. The molecular weight excluding hydrogens is 476 g/mol. The van der Waals surface area contributed by atoms with Crippen LogP contribution in [0.5, 0.6) is 23.0 Å². The van der Waals surface area contributed by atoms with Gasteiger partial charge < -0.3 is 30.4 Å². The van der Waals surface area contributed by atoms with Crippen molar-refractivity contribution >= 4 is 28.3 Å². The average Bonchev–Trinajstić information content (AvgIpc) is 3.36. The molecule has 1 aliphatic heterocycles. The minimum Gasteiger partial charge on any atom is -0.508 e. The normalized spacial score (nSPS) is 19.8. The van der Waals surface area contributed by atoms with Crippen molar-refractivity contribution in [1.82, 2.24) is 10.3 Å². The van der Waals surface area contributed by atoms with Gasteiger partial charge >= 0.3 is 0 Å². The van der Waals surface area contributed by atoms with Gasteiger partial charge in [0.25, 0.3) is 0 Å². The van der Waals surface area contributed by atoms with E-state index in [2.05, 4.69) is 10.3 Å². The molecule has 0 saturated carbocycles. The van der Waals surface area contributed by atoms with Crippen LogP contribution in [0.25, 0.3) is 10.9 Å². The first-order chi connectivity index (χ1) is 17.5. The Bertz CT molecular complexity index is 1610. The Hall–Kier alpha value is -4.53. The predicted molar refractivity (Wildman–Crippen MR) is 135 cm³/mol. The number of hydrogen-bond acceptors (Lipinski definition) is 8. The molecule has 0 amide bonds. The zero-order valence-electron chi connectivity index (χ0n) is 20.8. The van der Waals surface area contributed by atoms with Crippen LogP contribution in [0, 0.1) is 6.92 Å². The van der Waals surface area contributed by atoms with Crippen LogP contribution in [-0.2, 0) is 21.4 Å². The molecule has 0 spiro atoms. The number of rotatable bonds is 5. The van der Waals surface area contributed by atoms with Crippen molar-refractivity contribution in [3.05, 3.63) is 69.8 Å². The van der Waals surface area contributed by atoms with Gasteiger partial charge in [0.15, 0.2) is 17.3 Å². The van der Waals surface area contributed by atoms with Crippen molar-refractivity contribution in [3.8, 4) is 23.0 Å². The Labute approximate surface area is 212 Å². The Morgan fingerprint density at radius 3 is 2.57 bits per heavy atom. The second-order valence-electron chi connectivity index (χ2n) is 9.61. The van der Waals surface area contributed by atoms with Crippen molar-refractivity contribution < 1.29 is 34.4 Å². The summed E-state index contributed by atoms with van der Waals surface area (Å²) < 4.78 is 5.78. The number of hydrogen-bond donors (Lipinski definition) is 5. The van der Waals surface area contributed by atoms with E-state index in [0.717, 1.165) is 16.5 Å². The van der Waals surface area contributed by atoms with Crippen LogP contribution in [0.15, 0.2) is 47.5 Å². The van der Waals surface area contributed by atoms with Gasteiger partial charge in [-0.05, 0) is 57.9 Å². The number of ether oxygens (including phenoxy) is 1. The summed E-state index contributed by atoms with van der Waals surface area (Å²) in [4.78, 5) is 42.3. The van der Waals surface area contributed by atoms with Gasteiger partial charge in [-0.3, -0.25) is 14.4 Å². The summed E-state index contributed by atoms with van der Waals surface area (Å²) in [5.41, 5.74) is 0.539. The third kappa shape index (κ3) is 3.41. The van der Waals surface area contributed by atoms with Gasteiger partial charge in [-0.1, -0.05) is 0 Å². The maximum absolute atomic E-state index is 13.8. The lowest BCUT2D eigenvalue weighted by Gasteiger charge is -2.29. The lowest BCUT2D eigenvalue weighted by Crippen LogP contribution is -2.41. The largest absolute Gasteiger partial charge is 0.508 e. The van der Waals surface area contributed by atoms with Crippen LogP contribution in [0.2, 0.25) is 0 Å². The number of aromatic hydroxyl groups is 3. The van der Waals surface area contributed by atoms with Gasteiger partial charge in [0.2, 0.25) is 0 Å². The molecule has 1 atom stereocenters.